The van der Waals surface area contributed by atoms with Crippen LogP contribution < -0.4 is 15.0 Å². The van der Waals surface area contributed by atoms with Gasteiger partial charge in [-0.3, -0.25) is 9.36 Å². The zero-order valence-electron chi connectivity index (χ0n) is 19.5. The number of thiophene rings is 1. The van der Waals surface area contributed by atoms with Crippen LogP contribution in [-0.2, 0) is 12.8 Å². The minimum absolute atomic E-state index is 0.0400. The molecule has 5 nitrogen and oxygen atoms in total. The van der Waals surface area contributed by atoms with Gasteiger partial charge in [0.05, 0.1) is 24.3 Å². The fourth-order valence-corrected chi connectivity index (χ4v) is 6.62. The minimum Gasteiger partial charge on any atom is -0.494 e. The summed E-state index contributed by atoms with van der Waals surface area (Å²) >= 11 is 3.25. The Balaban J connectivity index is 1.41. The van der Waals surface area contributed by atoms with Gasteiger partial charge in [0.15, 0.2) is 5.16 Å². The first-order valence-corrected chi connectivity index (χ1v) is 13.6. The molecule has 176 valence electrons. The number of aryl methyl sites for hydroxylation is 1. The molecule has 4 aromatic rings. The summed E-state index contributed by atoms with van der Waals surface area (Å²) in [4.78, 5) is 21.0. The lowest BCUT2D eigenvalue weighted by molar-refractivity contribution is 0.332. The molecule has 7 heteroatoms. The van der Waals surface area contributed by atoms with Crippen LogP contribution in [0.4, 0.5) is 0 Å². The van der Waals surface area contributed by atoms with Gasteiger partial charge in [-0.15, -0.1) is 11.3 Å². The van der Waals surface area contributed by atoms with E-state index in [1.807, 2.05) is 61.5 Å². The van der Waals surface area contributed by atoms with Crippen molar-refractivity contribution in [2.45, 2.75) is 38.3 Å². The molecule has 0 spiro atoms. The van der Waals surface area contributed by atoms with Gasteiger partial charge >= 0.3 is 0 Å². The van der Waals surface area contributed by atoms with Crippen LogP contribution in [0.5, 0.6) is 11.5 Å². The number of rotatable bonds is 8. The van der Waals surface area contributed by atoms with Crippen molar-refractivity contribution in [2.75, 3.05) is 19.0 Å². The van der Waals surface area contributed by atoms with E-state index in [0.717, 1.165) is 46.7 Å². The van der Waals surface area contributed by atoms with E-state index in [-0.39, 0.29) is 5.56 Å². The van der Waals surface area contributed by atoms with Crippen molar-refractivity contribution in [3.05, 3.63) is 75.4 Å². The lowest BCUT2D eigenvalue weighted by atomic mass is 9.89. The summed E-state index contributed by atoms with van der Waals surface area (Å²) in [7, 11) is 0. The van der Waals surface area contributed by atoms with Crippen LogP contribution in [0.1, 0.15) is 30.7 Å². The van der Waals surface area contributed by atoms with Crippen LogP contribution in [0, 0.1) is 5.92 Å². The van der Waals surface area contributed by atoms with E-state index in [1.165, 1.54) is 10.4 Å². The highest BCUT2D eigenvalue weighted by atomic mass is 32.2. The number of fused-ring (bicyclic) bond motifs is 3. The number of benzene rings is 2. The highest BCUT2D eigenvalue weighted by Crippen LogP contribution is 2.37. The zero-order chi connectivity index (χ0) is 23.5. The second-order valence-corrected chi connectivity index (χ2v) is 10.6. The van der Waals surface area contributed by atoms with E-state index in [1.54, 1.807) is 27.7 Å². The number of para-hydroxylation sites is 1. The van der Waals surface area contributed by atoms with Crippen LogP contribution in [0.25, 0.3) is 15.9 Å². The molecule has 0 saturated carbocycles. The van der Waals surface area contributed by atoms with Gasteiger partial charge in [-0.2, -0.15) is 0 Å². The molecular formula is C27H28N2O3S2. The van der Waals surface area contributed by atoms with E-state index in [9.17, 15) is 4.79 Å². The Labute approximate surface area is 207 Å². The summed E-state index contributed by atoms with van der Waals surface area (Å²) in [5.41, 5.74) is 2.11. The van der Waals surface area contributed by atoms with E-state index in [4.69, 9.17) is 14.5 Å². The Morgan fingerprint density at radius 1 is 1.09 bits per heavy atom. The van der Waals surface area contributed by atoms with Gasteiger partial charge in [0.25, 0.3) is 5.56 Å². The van der Waals surface area contributed by atoms with E-state index in [2.05, 4.69) is 6.92 Å². The van der Waals surface area contributed by atoms with Gasteiger partial charge in [0, 0.05) is 10.6 Å². The molecule has 0 bridgehead atoms. The molecule has 0 radical (unpaired) electrons. The predicted octanol–water partition coefficient (Wildman–Crippen LogP) is 6.14. The quantitative estimate of drug-likeness (QED) is 0.168. The van der Waals surface area contributed by atoms with E-state index < -0.39 is 0 Å². The summed E-state index contributed by atoms with van der Waals surface area (Å²) in [6, 6.07) is 17.5. The molecule has 1 aliphatic rings. The highest BCUT2D eigenvalue weighted by Gasteiger charge is 2.25. The second-order valence-electron chi connectivity index (χ2n) is 8.50. The summed E-state index contributed by atoms with van der Waals surface area (Å²) in [5.74, 6) is 2.97. The molecule has 0 N–H and O–H groups in total. The Hall–Kier alpha value is -2.77. The van der Waals surface area contributed by atoms with E-state index in [0.29, 0.717) is 30.0 Å². The molecule has 2 heterocycles. The van der Waals surface area contributed by atoms with Gasteiger partial charge in [-0.1, -0.05) is 36.9 Å². The third kappa shape index (κ3) is 4.72. The van der Waals surface area contributed by atoms with Crippen LogP contribution in [0.3, 0.4) is 0 Å². The first-order chi connectivity index (χ1) is 16.6. The maximum Gasteiger partial charge on any atom is 0.267 e. The van der Waals surface area contributed by atoms with Crippen LogP contribution in [0.15, 0.2) is 64.5 Å². The Kier molecular flexibility index (Phi) is 6.92. The largest absolute Gasteiger partial charge is 0.494 e. The highest BCUT2D eigenvalue weighted by molar-refractivity contribution is 7.99. The smallest absolute Gasteiger partial charge is 0.267 e. The van der Waals surface area contributed by atoms with E-state index >= 15 is 0 Å². The molecule has 5 rings (SSSR count). The summed E-state index contributed by atoms with van der Waals surface area (Å²) in [6.45, 7) is 5.41. The second kappa shape index (κ2) is 10.2. The SMILES string of the molecule is CCOc1ccc(OCCSc2nc3sc4c(c3c(=O)n2-c2ccccc2)CCC(C)C4)cc1. The first-order valence-electron chi connectivity index (χ1n) is 11.7. The monoisotopic (exact) mass is 492 g/mol. The summed E-state index contributed by atoms with van der Waals surface area (Å²) < 4.78 is 13.2. The molecule has 34 heavy (non-hydrogen) atoms. The van der Waals surface area contributed by atoms with Crippen molar-refractivity contribution >= 4 is 33.3 Å². The van der Waals surface area contributed by atoms with Crippen molar-refractivity contribution in [3.63, 3.8) is 0 Å². The van der Waals surface area contributed by atoms with Gasteiger partial charge in [-0.25, -0.2) is 4.98 Å². The molecule has 0 aliphatic heterocycles. The fraction of sp³-hybridized carbons (Fsp3) is 0.333. The third-order valence-corrected chi connectivity index (χ3v) is 8.08. The van der Waals surface area contributed by atoms with Gasteiger partial charge in [0.2, 0.25) is 0 Å². The lowest BCUT2D eigenvalue weighted by Crippen LogP contribution is -2.23. The molecule has 0 saturated heterocycles. The topological polar surface area (TPSA) is 53.4 Å². The Bertz CT molecular complexity index is 1330. The molecule has 0 fully saturated rings. The number of aromatic nitrogens is 2. The summed E-state index contributed by atoms with van der Waals surface area (Å²) in [5, 5.41) is 1.52. The molecule has 2 aromatic carbocycles. The Morgan fingerprint density at radius 2 is 1.82 bits per heavy atom. The normalized spacial score (nSPS) is 15.3. The lowest BCUT2D eigenvalue weighted by Gasteiger charge is -2.18. The van der Waals surface area contributed by atoms with Crippen LogP contribution >= 0.6 is 23.1 Å². The van der Waals surface area contributed by atoms with Gasteiger partial charge < -0.3 is 9.47 Å². The minimum atomic E-state index is 0.0400. The average molecular weight is 493 g/mol. The molecule has 2 aromatic heterocycles. The third-order valence-electron chi connectivity index (χ3n) is 6.03. The van der Waals surface area contributed by atoms with Crippen molar-refractivity contribution < 1.29 is 9.47 Å². The molecule has 1 unspecified atom stereocenters. The average Bonchev–Trinajstić information content (AvgIpc) is 3.21. The number of ether oxygens (including phenoxy) is 2. The van der Waals surface area contributed by atoms with Crippen molar-refractivity contribution in [3.8, 4) is 17.2 Å². The molecular weight excluding hydrogens is 464 g/mol. The maximum atomic E-state index is 13.8. The van der Waals surface area contributed by atoms with Crippen LogP contribution in [-0.4, -0.2) is 28.5 Å². The maximum absolute atomic E-state index is 13.8. The Morgan fingerprint density at radius 3 is 2.56 bits per heavy atom. The number of nitrogens with zero attached hydrogens (tertiary/aromatic N) is 2. The van der Waals surface area contributed by atoms with Crippen molar-refractivity contribution in [1.82, 2.24) is 9.55 Å². The molecule has 1 atom stereocenters. The first kappa shape index (κ1) is 23.0. The fourth-order valence-electron chi connectivity index (χ4n) is 4.36. The van der Waals surface area contributed by atoms with Crippen molar-refractivity contribution in [2.24, 2.45) is 5.92 Å². The molecule has 1 aliphatic carbocycles. The zero-order valence-corrected chi connectivity index (χ0v) is 21.1. The molecule has 0 amide bonds. The summed E-state index contributed by atoms with van der Waals surface area (Å²) in [6.07, 6.45) is 3.13. The van der Waals surface area contributed by atoms with Crippen molar-refractivity contribution in [1.29, 1.82) is 0 Å². The van der Waals surface area contributed by atoms with Crippen LogP contribution in [0.2, 0.25) is 0 Å². The van der Waals surface area contributed by atoms with Gasteiger partial charge in [0.1, 0.15) is 16.3 Å². The number of hydrogen-bond acceptors (Lipinski definition) is 6. The van der Waals surface area contributed by atoms with Gasteiger partial charge in [-0.05, 0) is 74.1 Å². The number of hydrogen-bond donors (Lipinski definition) is 0. The standard InChI is InChI=1S/C27H28N2O3S2/c1-3-31-20-10-12-21(13-11-20)32-15-16-33-27-28-25-24(22-14-9-18(2)17-23(22)34-25)26(30)29(27)19-7-5-4-6-8-19/h4-8,10-13,18H,3,9,14-17H2,1-2H3. The predicted molar refractivity (Wildman–Crippen MR) is 140 cm³/mol. The number of thioether (sulfide) groups is 1.